The molecule has 0 saturated carbocycles. The van der Waals surface area contributed by atoms with Crippen LogP contribution in [0.3, 0.4) is 0 Å². The van der Waals surface area contributed by atoms with Gasteiger partial charge in [0, 0.05) is 0 Å². The van der Waals surface area contributed by atoms with E-state index in [1.54, 1.807) is 12.1 Å². The number of rotatable bonds is 3. The van der Waals surface area contributed by atoms with Gasteiger partial charge in [-0.15, -0.1) is 0 Å². The van der Waals surface area contributed by atoms with Crippen LogP contribution in [0.2, 0.25) is 5.02 Å². The Morgan fingerprint density at radius 2 is 1.90 bits per heavy atom. The first kappa shape index (κ1) is 14.3. The Kier molecular flexibility index (Phi) is 3.93. The van der Waals surface area contributed by atoms with Gasteiger partial charge in [-0.05, 0) is 30.3 Å². The van der Waals surface area contributed by atoms with E-state index in [-0.39, 0.29) is 21.2 Å². The van der Waals surface area contributed by atoms with Crippen LogP contribution in [0.25, 0.3) is 0 Å². The van der Waals surface area contributed by atoms with Crippen molar-refractivity contribution in [2.24, 2.45) is 0 Å². The zero-order valence-electron chi connectivity index (χ0n) is 9.97. The Bertz CT molecular complexity index is 800. The molecular formula is C13H8ClFN2O2S. The molecule has 0 unspecified atom stereocenters. The van der Waals surface area contributed by atoms with Crippen LogP contribution in [0.1, 0.15) is 5.56 Å². The molecule has 1 N–H and O–H groups in total. The van der Waals surface area contributed by atoms with E-state index in [9.17, 15) is 12.8 Å². The number of nitrogens with one attached hydrogen (secondary N) is 1. The molecule has 0 aliphatic heterocycles. The number of hydrogen-bond donors (Lipinski definition) is 1. The second kappa shape index (κ2) is 5.49. The third-order valence-corrected chi connectivity index (χ3v) is 4.21. The molecule has 0 atom stereocenters. The van der Waals surface area contributed by atoms with E-state index in [1.165, 1.54) is 24.3 Å². The van der Waals surface area contributed by atoms with Gasteiger partial charge in [0.25, 0.3) is 10.0 Å². The number of anilines is 1. The molecule has 0 aliphatic carbocycles. The second-order valence-corrected chi connectivity index (χ2v) is 5.90. The molecule has 0 amide bonds. The SMILES string of the molecule is N#Cc1ccccc1S(=O)(=O)Nc1ccc(F)cc1Cl. The average molecular weight is 311 g/mol. The molecule has 0 saturated heterocycles. The summed E-state index contributed by atoms with van der Waals surface area (Å²) in [5.41, 5.74) is 0.0547. The molecule has 0 aliphatic rings. The fraction of sp³-hybridized carbons (Fsp3) is 0. The fourth-order valence-electron chi connectivity index (χ4n) is 1.57. The maximum Gasteiger partial charge on any atom is 0.263 e. The van der Waals surface area contributed by atoms with Gasteiger partial charge in [0.05, 0.1) is 16.3 Å². The average Bonchev–Trinajstić information content (AvgIpc) is 2.42. The number of nitrogens with zero attached hydrogens (tertiary/aromatic N) is 1. The maximum absolute atomic E-state index is 12.9. The van der Waals surface area contributed by atoms with Crippen molar-refractivity contribution in [2.75, 3.05) is 4.72 Å². The predicted octanol–water partition coefficient (Wildman–Crippen LogP) is 3.15. The summed E-state index contributed by atoms with van der Waals surface area (Å²) >= 11 is 5.76. The molecule has 2 aromatic rings. The lowest BCUT2D eigenvalue weighted by Gasteiger charge is -2.10. The normalized spacial score (nSPS) is 10.8. The van der Waals surface area contributed by atoms with Crippen LogP contribution in [-0.2, 0) is 10.0 Å². The predicted molar refractivity (Wildman–Crippen MR) is 73.4 cm³/mol. The zero-order chi connectivity index (χ0) is 14.8. The van der Waals surface area contributed by atoms with E-state index in [2.05, 4.69) is 4.72 Å². The Hall–Kier alpha value is -2.10. The largest absolute Gasteiger partial charge is 0.278 e. The van der Waals surface area contributed by atoms with Crippen molar-refractivity contribution < 1.29 is 12.8 Å². The lowest BCUT2D eigenvalue weighted by Crippen LogP contribution is -2.14. The minimum Gasteiger partial charge on any atom is -0.278 e. The molecule has 102 valence electrons. The van der Waals surface area contributed by atoms with Gasteiger partial charge >= 0.3 is 0 Å². The number of hydrogen-bond acceptors (Lipinski definition) is 3. The minimum atomic E-state index is -3.97. The van der Waals surface area contributed by atoms with E-state index < -0.39 is 15.8 Å². The highest BCUT2D eigenvalue weighted by molar-refractivity contribution is 7.92. The Labute approximate surface area is 120 Å². The molecule has 20 heavy (non-hydrogen) atoms. The molecule has 0 spiro atoms. The Morgan fingerprint density at radius 3 is 2.55 bits per heavy atom. The van der Waals surface area contributed by atoms with Crippen molar-refractivity contribution in [3.63, 3.8) is 0 Å². The molecular weight excluding hydrogens is 303 g/mol. The smallest absolute Gasteiger partial charge is 0.263 e. The molecule has 2 rings (SSSR count). The van der Waals surface area contributed by atoms with Gasteiger partial charge in [0.2, 0.25) is 0 Å². The van der Waals surface area contributed by atoms with Gasteiger partial charge in [-0.3, -0.25) is 4.72 Å². The van der Waals surface area contributed by atoms with Gasteiger partial charge in [-0.2, -0.15) is 5.26 Å². The standard InChI is InChI=1S/C13H8ClFN2O2S/c14-11-7-10(15)5-6-12(11)17-20(18,19)13-4-2-1-3-9(13)8-16/h1-7,17H. The first-order valence-electron chi connectivity index (χ1n) is 5.41. The summed E-state index contributed by atoms with van der Waals surface area (Å²) in [4.78, 5) is -0.164. The van der Waals surface area contributed by atoms with Crippen molar-refractivity contribution in [1.29, 1.82) is 5.26 Å². The highest BCUT2D eigenvalue weighted by Gasteiger charge is 2.19. The summed E-state index contributed by atoms with van der Waals surface area (Å²) in [7, 11) is -3.97. The summed E-state index contributed by atoms with van der Waals surface area (Å²) in [6.45, 7) is 0. The van der Waals surface area contributed by atoms with Crippen molar-refractivity contribution in [3.8, 4) is 6.07 Å². The van der Waals surface area contributed by atoms with Crippen LogP contribution in [0.4, 0.5) is 10.1 Å². The molecule has 4 nitrogen and oxygen atoms in total. The van der Waals surface area contributed by atoms with Crippen molar-refractivity contribution in [2.45, 2.75) is 4.90 Å². The molecule has 7 heteroatoms. The summed E-state index contributed by atoms with van der Waals surface area (Å²) in [6, 6.07) is 10.8. The molecule has 2 aromatic carbocycles. The summed E-state index contributed by atoms with van der Waals surface area (Å²) in [6.07, 6.45) is 0. The Balaban J connectivity index is 2.44. The lowest BCUT2D eigenvalue weighted by molar-refractivity contribution is 0.600. The van der Waals surface area contributed by atoms with Crippen molar-refractivity contribution in [3.05, 3.63) is 58.9 Å². The van der Waals surface area contributed by atoms with E-state index in [4.69, 9.17) is 16.9 Å². The maximum atomic E-state index is 12.9. The number of sulfonamides is 1. The van der Waals surface area contributed by atoms with Gasteiger partial charge in [0.1, 0.15) is 16.8 Å². The molecule has 0 bridgehead atoms. The van der Waals surface area contributed by atoms with Crippen LogP contribution in [0.15, 0.2) is 47.4 Å². The first-order valence-corrected chi connectivity index (χ1v) is 7.27. The molecule has 0 heterocycles. The third kappa shape index (κ3) is 2.90. The van der Waals surface area contributed by atoms with Gasteiger partial charge in [0.15, 0.2) is 0 Å². The van der Waals surface area contributed by atoms with Crippen LogP contribution >= 0.6 is 11.6 Å². The van der Waals surface area contributed by atoms with Gasteiger partial charge in [-0.25, -0.2) is 12.8 Å². The fourth-order valence-corrected chi connectivity index (χ4v) is 3.07. The van der Waals surface area contributed by atoms with Crippen molar-refractivity contribution >= 4 is 27.3 Å². The summed E-state index contributed by atoms with van der Waals surface area (Å²) in [5.74, 6) is -0.574. The summed E-state index contributed by atoms with van der Waals surface area (Å²) < 4.78 is 39.6. The quantitative estimate of drug-likeness (QED) is 0.946. The first-order chi connectivity index (χ1) is 9.44. The molecule has 0 radical (unpaired) electrons. The van der Waals surface area contributed by atoms with E-state index in [1.807, 2.05) is 0 Å². The second-order valence-electron chi connectivity index (χ2n) is 3.84. The number of benzene rings is 2. The third-order valence-electron chi connectivity index (χ3n) is 2.47. The highest BCUT2D eigenvalue weighted by atomic mass is 35.5. The van der Waals surface area contributed by atoms with E-state index >= 15 is 0 Å². The Morgan fingerprint density at radius 1 is 1.20 bits per heavy atom. The van der Waals surface area contributed by atoms with Crippen LogP contribution in [0, 0.1) is 17.1 Å². The monoisotopic (exact) mass is 310 g/mol. The van der Waals surface area contributed by atoms with Gasteiger partial charge < -0.3 is 0 Å². The van der Waals surface area contributed by atoms with Crippen molar-refractivity contribution in [1.82, 2.24) is 0 Å². The lowest BCUT2D eigenvalue weighted by atomic mass is 10.2. The number of halogens is 2. The molecule has 0 aromatic heterocycles. The molecule has 0 fully saturated rings. The van der Waals surface area contributed by atoms with Gasteiger partial charge in [-0.1, -0.05) is 23.7 Å². The highest BCUT2D eigenvalue weighted by Crippen LogP contribution is 2.26. The van der Waals surface area contributed by atoms with E-state index in [0.717, 1.165) is 12.1 Å². The van der Waals surface area contributed by atoms with Crippen LogP contribution < -0.4 is 4.72 Å². The van der Waals surface area contributed by atoms with E-state index in [0.29, 0.717) is 0 Å². The number of nitriles is 1. The topological polar surface area (TPSA) is 70.0 Å². The zero-order valence-corrected chi connectivity index (χ0v) is 11.5. The summed E-state index contributed by atoms with van der Waals surface area (Å²) in [5, 5.41) is 8.85. The van der Waals surface area contributed by atoms with Crippen LogP contribution in [-0.4, -0.2) is 8.42 Å². The van der Waals surface area contributed by atoms with Crippen LogP contribution in [0.5, 0.6) is 0 Å². The minimum absolute atomic E-state index is 0.0123.